The Balaban J connectivity index is 1.69. The number of thiazole rings is 1. The second-order valence-corrected chi connectivity index (χ2v) is 8.23. The first-order chi connectivity index (χ1) is 14.4. The number of benzene rings is 1. The molecular weight excluding hydrogens is 406 g/mol. The van der Waals surface area contributed by atoms with Crippen molar-refractivity contribution in [1.29, 1.82) is 0 Å². The fourth-order valence-electron chi connectivity index (χ4n) is 3.35. The average molecular weight is 434 g/mol. The minimum Gasteiger partial charge on any atom is -0.493 e. The number of amides is 2. The summed E-state index contributed by atoms with van der Waals surface area (Å²) in [6, 6.07) is 3.42. The van der Waals surface area contributed by atoms with Gasteiger partial charge in [0.15, 0.2) is 11.5 Å². The van der Waals surface area contributed by atoms with Gasteiger partial charge in [-0.3, -0.25) is 9.59 Å². The van der Waals surface area contributed by atoms with E-state index in [1.165, 1.54) is 21.3 Å². The summed E-state index contributed by atoms with van der Waals surface area (Å²) in [6.45, 7) is 4.82. The third-order valence-electron chi connectivity index (χ3n) is 4.96. The molecule has 1 aromatic heterocycles. The number of hydrogen-bond donors (Lipinski definition) is 1. The molecule has 0 bridgehead atoms. The molecule has 0 aliphatic carbocycles. The minimum absolute atomic E-state index is 0.125. The van der Waals surface area contributed by atoms with E-state index >= 15 is 0 Å². The van der Waals surface area contributed by atoms with Crippen LogP contribution in [0.2, 0.25) is 0 Å². The molecule has 1 aliphatic rings. The molecule has 30 heavy (non-hydrogen) atoms. The maximum Gasteiger partial charge on any atom is 0.227 e. The molecule has 162 valence electrons. The Morgan fingerprint density at radius 2 is 1.90 bits per heavy atom. The summed E-state index contributed by atoms with van der Waals surface area (Å²) in [6.07, 6.45) is 0.150. The van der Waals surface area contributed by atoms with Gasteiger partial charge in [-0.15, -0.1) is 11.3 Å². The van der Waals surface area contributed by atoms with Crippen LogP contribution in [0.15, 0.2) is 17.5 Å². The number of ether oxygens (including phenoxy) is 3. The van der Waals surface area contributed by atoms with Gasteiger partial charge in [-0.1, -0.05) is 13.8 Å². The van der Waals surface area contributed by atoms with Crippen molar-refractivity contribution in [3.05, 3.63) is 28.2 Å². The number of methoxy groups -OCH3 is 3. The number of rotatable bonds is 8. The largest absolute Gasteiger partial charge is 0.493 e. The van der Waals surface area contributed by atoms with E-state index in [0.29, 0.717) is 35.4 Å². The zero-order valence-corrected chi connectivity index (χ0v) is 18.7. The predicted octanol–water partition coefficient (Wildman–Crippen LogP) is 2.96. The van der Waals surface area contributed by atoms with Crippen LogP contribution in [-0.2, 0) is 16.1 Å². The fraction of sp³-hybridized carbons (Fsp3) is 0.476. The molecule has 2 amide bonds. The number of hydrogen-bond acceptors (Lipinski definition) is 7. The normalized spacial score (nSPS) is 16.1. The van der Waals surface area contributed by atoms with Crippen LogP contribution in [0.1, 0.15) is 36.9 Å². The minimum atomic E-state index is -0.431. The quantitative estimate of drug-likeness (QED) is 0.688. The molecular formula is C21H27N3O5S. The van der Waals surface area contributed by atoms with Crippen molar-refractivity contribution < 1.29 is 23.8 Å². The van der Waals surface area contributed by atoms with Crippen molar-refractivity contribution in [1.82, 2.24) is 10.3 Å². The lowest BCUT2D eigenvalue weighted by Gasteiger charge is -2.20. The van der Waals surface area contributed by atoms with Crippen LogP contribution < -0.4 is 24.4 Å². The number of nitrogens with zero attached hydrogens (tertiary/aromatic N) is 2. The van der Waals surface area contributed by atoms with E-state index < -0.39 is 5.92 Å². The highest BCUT2D eigenvalue weighted by molar-refractivity contribution is 7.09. The van der Waals surface area contributed by atoms with Crippen molar-refractivity contribution in [2.75, 3.05) is 32.8 Å². The summed E-state index contributed by atoms with van der Waals surface area (Å²) in [4.78, 5) is 31.4. The van der Waals surface area contributed by atoms with E-state index in [-0.39, 0.29) is 24.8 Å². The molecule has 3 rings (SSSR count). The summed E-state index contributed by atoms with van der Waals surface area (Å²) >= 11 is 1.59. The van der Waals surface area contributed by atoms with E-state index in [0.717, 1.165) is 10.7 Å². The highest BCUT2D eigenvalue weighted by atomic mass is 32.1. The van der Waals surface area contributed by atoms with E-state index in [1.807, 2.05) is 5.38 Å². The molecule has 2 heterocycles. The monoisotopic (exact) mass is 433 g/mol. The van der Waals surface area contributed by atoms with Crippen molar-refractivity contribution in [3.63, 3.8) is 0 Å². The lowest BCUT2D eigenvalue weighted by Crippen LogP contribution is -2.32. The summed E-state index contributed by atoms with van der Waals surface area (Å²) in [7, 11) is 4.56. The van der Waals surface area contributed by atoms with Crippen LogP contribution in [-0.4, -0.2) is 44.7 Å². The molecule has 0 spiro atoms. The van der Waals surface area contributed by atoms with Crippen LogP contribution in [0.25, 0.3) is 0 Å². The zero-order chi connectivity index (χ0) is 21.8. The zero-order valence-electron chi connectivity index (χ0n) is 17.9. The van der Waals surface area contributed by atoms with E-state index in [9.17, 15) is 9.59 Å². The number of carbonyl (C=O) groups is 2. The Morgan fingerprint density at radius 3 is 2.43 bits per heavy atom. The lowest BCUT2D eigenvalue weighted by molar-refractivity contribution is -0.126. The maximum absolute atomic E-state index is 12.6. The van der Waals surface area contributed by atoms with Crippen molar-refractivity contribution in [2.24, 2.45) is 5.92 Å². The predicted molar refractivity (Wildman–Crippen MR) is 115 cm³/mol. The molecule has 1 aliphatic heterocycles. The van der Waals surface area contributed by atoms with Gasteiger partial charge >= 0.3 is 0 Å². The Bertz CT molecular complexity index is 902. The van der Waals surface area contributed by atoms with Gasteiger partial charge in [0.25, 0.3) is 0 Å². The number of carbonyl (C=O) groups excluding carboxylic acids is 2. The molecule has 2 aromatic rings. The van der Waals surface area contributed by atoms with E-state index in [2.05, 4.69) is 24.1 Å². The van der Waals surface area contributed by atoms with Crippen LogP contribution >= 0.6 is 11.3 Å². The average Bonchev–Trinajstić information content (AvgIpc) is 3.37. The smallest absolute Gasteiger partial charge is 0.227 e. The SMILES string of the molecule is COc1cc(N2CC(C(=O)NCc3csc(C(C)C)n3)CC2=O)cc(OC)c1OC. The summed E-state index contributed by atoms with van der Waals surface area (Å²) in [5.41, 5.74) is 1.44. The Hall–Kier alpha value is -2.81. The Kier molecular flexibility index (Phi) is 6.81. The lowest BCUT2D eigenvalue weighted by atomic mass is 10.1. The fourth-order valence-corrected chi connectivity index (χ4v) is 4.18. The summed E-state index contributed by atoms with van der Waals surface area (Å²) < 4.78 is 16.1. The summed E-state index contributed by atoms with van der Waals surface area (Å²) in [5.74, 6) is 1.01. The van der Waals surface area contributed by atoms with E-state index in [4.69, 9.17) is 14.2 Å². The molecule has 1 atom stereocenters. The van der Waals surface area contributed by atoms with Crippen LogP contribution in [0.5, 0.6) is 17.2 Å². The van der Waals surface area contributed by atoms with E-state index in [1.54, 1.807) is 28.4 Å². The first kappa shape index (κ1) is 21.9. The first-order valence-corrected chi connectivity index (χ1v) is 10.6. The number of anilines is 1. The number of aromatic nitrogens is 1. The third-order valence-corrected chi connectivity index (χ3v) is 6.16. The molecule has 1 N–H and O–H groups in total. The van der Waals surface area contributed by atoms with Crippen molar-refractivity contribution in [3.8, 4) is 17.2 Å². The molecule has 8 nitrogen and oxygen atoms in total. The van der Waals surface area contributed by atoms with Gasteiger partial charge in [0.2, 0.25) is 17.6 Å². The highest BCUT2D eigenvalue weighted by Crippen LogP contribution is 2.42. The molecule has 0 radical (unpaired) electrons. The van der Waals surface area contributed by atoms with Crippen molar-refractivity contribution in [2.45, 2.75) is 32.7 Å². The second-order valence-electron chi connectivity index (χ2n) is 7.34. The highest BCUT2D eigenvalue weighted by Gasteiger charge is 2.36. The summed E-state index contributed by atoms with van der Waals surface area (Å²) in [5, 5.41) is 5.91. The maximum atomic E-state index is 12.6. The first-order valence-electron chi connectivity index (χ1n) is 9.70. The van der Waals surface area contributed by atoms with Crippen LogP contribution in [0, 0.1) is 5.92 Å². The van der Waals surface area contributed by atoms with Gasteiger partial charge in [0.1, 0.15) is 0 Å². The van der Waals surface area contributed by atoms with Gasteiger partial charge < -0.3 is 24.4 Å². The van der Waals surface area contributed by atoms with Gasteiger partial charge in [0, 0.05) is 36.4 Å². The van der Waals surface area contributed by atoms with Gasteiger partial charge in [-0.25, -0.2) is 4.98 Å². The topological polar surface area (TPSA) is 90.0 Å². The molecule has 1 unspecified atom stereocenters. The molecule has 0 saturated carbocycles. The third kappa shape index (κ3) is 4.51. The molecule has 1 fully saturated rings. The number of nitrogens with one attached hydrogen (secondary N) is 1. The molecule has 1 saturated heterocycles. The van der Waals surface area contributed by atoms with Crippen molar-refractivity contribution >= 4 is 28.8 Å². The Labute approximate surface area is 180 Å². The van der Waals surface area contributed by atoms with Gasteiger partial charge in [0.05, 0.1) is 50.2 Å². The standard InChI is InChI=1S/C21H27N3O5S/c1-12(2)21-23-14(11-30-21)9-22-20(26)13-6-18(25)24(10-13)15-7-16(27-3)19(29-5)17(8-15)28-4/h7-8,11-13H,6,9-10H2,1-5H3,(H,22,26). The van der Waals surface area contributed by atoms with Gasteiger partial charge in [-0.2, -0.15) is 0 Å². The molecule has 9 heteroatoms. The van der Waals surface area contributed by atoms with Crippen LogP contribution in [0.4, 0.5) is 5.69 Å². The Morgan fingerprint density at radius 1 is 1.23 bits per heavy atom. The second kappa shape index (κ2) is 9.34. The molecule has 1 aromatic carbocycles. The van der Waals surface area contributed by atoms with Gasteiger partial charge in [-0.05, 0) is 0 Å². The van der Waals surface area contributed by atoms with Crippen LogP contribution in [0.3, 0.4) is 0 Å².